The molecule has 0 spiro atoms. The molecule has 0 aliphatic heterocycles. The zero-order valence-electron chi connectivity index (χ0n) is 14.8. The molecule has 0 aromatic heterocycles. The smallest absolute Gasteiger partial charge is 0.134 e. The minimum absolute atomic E-state index is 0.0602. The summed E-state index contributed by atoms with van der Waals surface area (Å²) in [6.45, 7) is 4.38. The minimum atomic E-state index is 0.0602. The largest absolute Gasteiger partial charge is 0.508 e. The highest BCUT2D eigenvalue weighted by Crippen LogP contribution is 2.38. The number of rotatable bonds is 12. The summed E-state index contributed by atoms with van der Waals surface area (Å²) in [4.78, 5) is 0. The first-order chi connectivity index (χ1) is 11.1. The number of phenols is 2. The van der Waals surface area contributed by atoms with Crippen molar-refractivity contribution in [2.24, 2.45) is 0 Å². The summed E-state index contributed by atoms with van der Waals surface area (Å²) in [5, 5.41) is 20.0. The first kappa shape index (κ1) is 20.2. The van der Waals surface area contributed by atoms with Crippen LogP contribution in [0.3, 0.4) is 0 Å². The van der Waals surface area contributed by atoms with E-state index in [4.69, 9.17) is 11.6 Å². The molecular formula is C20H33ClO2. The maximum absolute atomic E-state index is 10.1. The third-order valence-corrected chi connectivity index (χ3v) is 4.99. The van der Waals surface area contributed by atoms with Crippen molar-refractivity contribution < 1.29 is 10.2 Å². The van der Waals surface area contributed by atoms with Crippen LogP contribution < -0.4 is 0 Å². The SMILES string of the molecule is CCCCCCCCCCCC(CC)c1cc(O)c(Cl)cc1O. The molecule has 1 aromatic rings. The van der Waals surface area contributed by atoms with Gasteiger partial charge in [0.1, 0.15) is 11.5 Å². The molecule has 0 fully saturated rings. The van der Waals surface area contributed by atoms with Crippen LogP contribution in [0.4, 0.5) is 0 Å². The van der Waals surface area contributed by atoms with Gasteiger partial charge >= 0.3 is 0 Å². The summed E-state index contributed by atoms with van der Waals surface area (Å²) in [5.41, 5.74) is 0.828. The molecule has 1 aromatic carbocycles. The lowest BCUT2D eigenvalue weighted by molar-refractivity contribution is 0.439. The van der Waals surface area contributed by atoms with E-state index in [9.17, 15) is 10.2 Å². The highest BCUT2D eigenvalue weighted by molar-refractivity contribution is 6.32. The molecule has 0 saturated carbocycles. The zero-order valence-corrected chi connectivity index (χ0v) is 15.5. The molecule has 1 atom stereocenters. The molecule has 1 rings (SSSR count). The van der Waals surface area contributed by atoms with E-state index in [1.165, 1.54) is 63.9 Å². The van der Waals surface area contributed by atoms with Crippen LogP contribution in [0.15, 0.2) is 12.1 Å². The van der Waals surface area contributed by atoms with Crippen LogP contribution in [0, 0.1) is 0 Å². The highest BCUT2D eigenvalue weighted by atomic mass is 35.5. The molecule has 3 heteroatoms. The summed E-state index contributed by atoms with van der Waals surface area (Å²) in [7, 11) is 0. The second-order valence-corrected chi connectivity index (χ2v) is 6.99. The fraction of sp³-hybridized carbons (Fsp3) is 0.700. The van der Waals surface area contributed by atoms with Crippen LogP contribution in [0.1, 0.15) is 96.0 Å². The Balaban J connectivity index is 2.28. The van der Waals surface area contributed by atoms with Gasteiger partial charge in [-0.15, -0.1) is 0 Å². The van der Waals surface area contributed by atoms with E-state index >= 15 is 0 Å². The Morgan fingerprint density at radius 3 is 1.96 bits per heavy atom. The molecule has 0 radical (unpaired) electrons. The second-order valence-electron chi connectivity index (χ2n) is 6.58. The normalized spacial score (nSPS) is 12.5. The van der Waals surface area contributed by atoms with Crippen molar-refractivity contribution in [2.45, 2.75) is 90.4 Å². The van der Waals surface area contributed by atoms with Crippen molar-refractivity contribution in [3.63, 3.8) is 0 Å². The average molecular weight is 341 g/mol. The van der Waals surface area contributed by atoms with Crippen LogP contribution in [-0.2, 0) is 0 Å². The third kappa shape index (κ3) is 7.48. The highest BCUT2D eigenvalue weighted by Gasteiger charge is 2.16. The standard InChI is InChI=1S/C20H33ClO2/c1-3-5-6-7-8-9-10-11-12-13-16(4-2)17-14-20(23)18(21)15-19(17)22/h14-16,22-23H,3-13H2,1-2H3. The van der Waals surface area contributed by atoms with Gasteiger partial charge in [-0.25, -0.2) is 0 Å². The van der Waals surface area contributed by atoms with Gasteiger partial charge in [-0.2, -0.15) is 0 Å². The van der Waals surface area contributed by atoms with Gasteiger partial charge in [0, 0.05) is 11.6 Å². The van der Waals surface area contributed by atoms with Crippen molar-refractivity contribution >= 4 is 11.6 Å². The number of unbranched alkanes of at least 4 members (excludes halogenated alkanes) is 8. The monoisotopic (exact) mass is 340 g/mol. The van der Waals surface area contributed by atoms with Crippen molar-refractivity contribution in [3.05, 3.63) is 22.7 Å². The lowest BCUT2D eigenvalue weighted by atomic mass is 9.90. The Hall–Kier alpha value is -0.890. The Morgan fingerprint density at radius 2 is 1.39 bits per heavy atom. The van der Waals surface area contributed by atoms with E-state index in [0.717, 1.165) is 18.4 Å². The molecule has 0 heterocycles. The van der Waals surface area contributed by atoms with Crippen LogP contribution >= 0.6 is 11.6 Å². The minimum Gasteiger partial charge on any atom is -0.508 e. The molecule has 2 N–H and O–H groups in total. The number of aromatic hydroxyl groups is 2. The fourth-order valence-corrected chi connectivity index (χ4v) is 3.33. The Morgan fingerprint density at radius 1 is 0.826 bits per heavy atom. The van der Waals surface area contributed by atoms with Gasteiger partial charge in [-0.1, -0.05) is 83.2 Å². The number of hydrogen-bond donors (Lipinski definition) is 2. The van der Waals surface area contributed by atoms with E-state index in [-0.39, 0.29) is 16.5 Å². The predicted octanol–water partition coefficient (Wildman–Crippen LogP) is 7.17. The molecule has 132 valence electrons. The number of phenolic OH excluding ortho intramolecular Hbond substituents is 2. The molecular weight excluding hydrogens is 308 g/mol. The summed E-state index contributed by atoms with van der Waals surface area (Å²) in [5.74, 6) is 0.559. The van der Waals surface area contributed by atoms with E-state index in [0.29, 0.717) is 5.92 Å². The first-order valence-electron chi connectivity index (χ1n) is 9.31. The summed E-state index contributed by atoms with van der Waals surface area (Å²) in [6.07, 6.45) is 13.9. The molecule has 23 heavy (non-hydrogen) atoms. The Labute approximate surface area is 146 Å². The first-order valence-corrected chi connectivity index (χ1v) is 9.69. The second kappa shape index (κ2) is 11.6. The van der Waals surface area contributed by atoms with Crippen molar-refractivity contribution in [3.8, 4) is 11.5 Å². The summed E-state index contributed by atoms with van der Waals surface area (Å²) in [6, 6.07) is 3.07. The number of hydrogen-bond acceptors (Lipinski definition) is 2. The molecule has 1 unspecified atom stereocenters. The van der Waals surface area contributed by atoms with Crippen LogP contribution in [-0.4, -0.2) is 10.2 Å². The quantitative estimate of drug-likeness (QED) is 0.313. The number of benzene rings is 1. The topological polar surface area (TPSA) is 40.5 Å². The molecule has 0 aliphatic carbocycles. The Kier molecular flexibility index (Phi) is 10.2. The van der Waals surface area contributed by atoms with Gasteiger partial charge in [0.15, 0.2) is 0 Å². The maximum atomic E-state index is 10.1. The third-order valence-electron chi connectivity index (χ3n) is 4.68. The van der Waals surface area contributed by atoms with E-state index < -0.39 is 0 Å². The van der Waals surface area contributed by atoms with Crippen molar-refractivity contribution in [1.29, 1.82) is 0 Å². The molecule has 0 amide bonds. The van der Waals surface area contributed by atoms with Crippen LogP contribution in [0.5, 0.6) is 11.5 Å². The average Bonchev–Trinajstić information content (AvgIpc) is 2.53. The van der Waals surface area contributed by atoms with Crippen LogP contribution in [0.25, 0.3) is 0 Å². The molecule has 0 saturated heterocycles. The fourth-order valence-electron chi connectivity index (χ4n) is 3.18. The van der Waals surface area contributed by atoms with E-state index in [2.05, 4.69) is 13.8 Å². The molecule has 0 bridgehead atoms. The van der Waals surface area contributed by atoms with E-state index in [1.54, 1.807) is 6.07 Å². The molecule has 2 nitrogen and oxygen atoms in total. The van der Waals surface area contributed by atoms with Crippen molar-refractivity contribution in [1.82, 2.24) is 0 Å². The van der Waals surface area contributed by atoms with Crippen LogP contribution in [0.2, 0.25) is 5.02 Å². The zero-order chi connectivity index (χ0) is 17.1. The summed E-state index contributed by atoms with van der Waals surface area (Å²) >= 11 is 5.83. The lowest BCUT2D eigenvalue weighted by Crippen LogP contribution is -1.98. The molecule has 0 aliphatic rings. The summed E-state index contributed by atoms with van der Waals surface area (Å²) < 4.78 is 0. The maximum Gasteiger partial charge on any atom is 0.134 e. The van der Waals surface area contributed by atoms with Gasteiger partial charge in [-0.05, 0) is 24.8 Å². The number of halogens is 1. The van der Waals surface area contributed by atoms with Gasteiger partial charge in [0.05, 0.1) is 5.02 Å². The van der Waals surface area contributed by atoms with Gasteiger partial charge in [-0.3, -0.25) is 0 Å². The van der Waals surface area contributed by atoms with E-state index in [1.807, 2.05) is 0 Å². The van der Waals surface area contributed by atoms with Gasteiger partial charge in [0.2, 0.25) is 0 Å². The van der Waals surface area contributed by atoms with Crippen molar-refractivity contribution in [2.75, 3.05) is 0 Å². The predicted molar refractivity (Wildman–Crippen MR) is 99.7 cm³/mol. The van der Waals surface area contributed by atoms with Gasteiger partial charge in [0.25, 0.3) is 0 Å². The Bertz CT molecular complexity index is 446. The lowest BCUT2D eigenvalue weighted by Gasteiger charge is -2.17. The van der Waals surface area contributed by atoms with Gasteiger partial charge < -0.3 is 10.2 Å².